The third kappa shape index (κ3) is 4.68. The van der Waals surface area contributed by atoms with Gasteiger partial charge in [0.1, 0.15) is 5.75 Å². The van der Waals surface area contributed by atoms with E-state index in [0.29, 0.717) is 11.6 Å². The van der Waals surface area contributed by atoms with Crippen molar-refractivity contribution >= 4 is 11.6 Å². The van der Waals surface area contributed by atoms with Gasteiger partial charge < -0.3 is 10.1 Å². The molecule has 92 valence electrons. The molecule has 0 atom stereocenters. The molecular formula is C14H18ClNO. The van der Waals surface area contributed by atoms with Gasteiger partial charge in [0.15, 0.2) is 0 Å². The lowest BCUT2D eigenvalue weighted by atomic mass is 10.2. The molecule has 1 aromatic carbocycles. The van der Waals surface area contributed by atoms with Crippen LogP contribution in [0.2, 0.25) is 5.02 Å². The van der Waals surface area contributed by atoms with Crippen LogP contribution in [0.5, 0.6) is 5.75 Å². The zero-order valence-corrected chi connectivity index (χ0v) is 11.1. The van der Waals surface area contributed by atoms with E-state index in [1.54, 1.807) is 0 Å². The van der Waals surface area contributed by atoms with Crippen LogP contribution in [-0.2, 0) is 6.54 Å². The summed E-state index contributed by atoms with van der Waals surface area (Å²) in [5, 5.41) is 3.92. The second-order valence-electron chi connectivity index (χ2n) is 3.53. The van der Waals surface area contributed by atoms with Gasteiger partial charge in [-0.05, 0) is 19.5 Å². The molecule has 0 unspecified atom stereocenters. The smallest absolute Gasteiger partial charge is 0.142 e. The van der Waals surface area contributed by atoms with E-state index in [1.807, 2.05) is 25.1 Å². The molecule has 0 saturated carbocycles. The molecule has 0 heterocycles. The Hall–Kier alpha value is -1.17. The molecule has 1 aromatic rings. The molecule has 0 amide bonds. The van der Waals surface area contributed by atoms with Crippen molar-refractivity contribution in [2.75, 3.05) is 13.2 Å². The highest BCUT2D eigenvalue weighted by Crippen LogP contribution is 2.28. The summed E-state index contributed by atoms with van der Waals surface area (Å²) in [4.78, 5) is 0. The van der Waals surface area contributed by atoms with E-state index in [4.69, 9.17) is 16.3 Å². The average molecular weight is 252 g/mol. The molecule has 0 fully saturated rings. The number of para-hydroxylation sites is 1. The Kier molecular flexibility index (Phi) is 6.54. The minimum atomic E-state index is 0.573. The summed E-state index contributed by atoms with van der Waals surface area (Å²) < 4.78 is 5.69. The van der Waals surface area contributed by atoms with Crippen LogP contribution < -0.4 is 10.1 Å². The van der Waals surface area contributed by atoms with Crippen molar-refractivity contribution in [3.8, 4) is 17.6 Å². The minimum Gasteiger partial charge on any atom is -0.491 e. The summed E-state index contributed by atoms with van der Waals surface area (Å²) in [6.07, 6.45) is 0.725. The predicted octanol–water partition coefficient (Wildman–Crippen LogP) is 3.24. The Bertz CT molecular complexity index is 406. The maximum Gasteiger partial charge on any atom is 0.142 e. The van der Waals surface area contributed by atoms with E-state index in [9.17, 15) is 0 Å². The van der Waals surface area contributed by atoms with Crippen molar-refractivity contribution < 1.29 is 4.74 Å². The van der Waals surface area contributed by atoms with Gasteiger partial charge >= 0.3 is 0 Å². The number of nitrogens with one attached hydrogen (secondary N) is 1. The zero-order chi connectivity index (χ0) is 12.5. The van der Waals surface area contributed by atoms with Crippen molar-refractivity contribution in [3.63, 3.8) is 0 Å². The molecular weight excluding hydrogens is 234 g/mol. The van der Waals surface area contributed by atoms with E-state index in [2.05, 4.69) is 24.1 Å². The third-order valence-electron chi connectivity index (χ3n) is 2.26. The van der Waals surface area contributed by atoms with E-state index < -0.39 is 0 Å². The van der Waals surface area contributed by atoms with E-state index in [0.717, 1.165) is 30.8 Å². The largest absolute Gasteiger partial charge is 0.491 e. The summed E-state index contributed by atoms with van der Waals surface area (Å²) in [6, 6.07) is 5.81. The Labute approximate surface area is 108 Å². The van der Waals surface area contributed by atoms with Crippen LogP contribution in [0.3, 0.4) is 0 Å². The number of halogens is 1. The van der Waals surface area contributed by atoms with Crippen LogP contribution in [0.1, 0.15) is 25.8 Å². The molecule has 1 N–H and O–H groups in total. The fourth-order valence-corrected chi connectivity index (χ4v) is 1.69. The zero-order valence-electron chi connectivity index (χ0n) is 10.3. The second kappa shape index (κ2) is 8.00. The summed E-state index contributed by atoms with van der Waals surface area (Å²) in [5.74, 6) is 6.58. The molecule has 0 aliphatic rings. The summed E-state index contributed by atoms with van der Waals surface area (Å²) in [7, 11) is 0. The summed E-state index contributed by atoms with van der Waals surface area (Å²) >= 11 is 6.13. The van der Waals surface area contributed by atoms with Crippen LogP contribution in [0.15, 0.2) is 18.2 Å². The van der Waals surface area contributed by atoms with Crippen molar-refractivity contribution in [3.05, 3.63) is 28.8 Å². The second-order valence-corrected chi connectivity index (χ2v) is 3.94. The van der Waals surface area contributed by atoms with Crippen molar-refractivity contribution in [1.82, 2.24) is 5.32 Å². The molecule has 0 bridgehead atoms. The van der Waals surface area contributed by atoms with Gasteiger partial charge in [-0.3, -0.25) is 0 Å². The van der Waals surface area contributed by atoms with Gasteiger partial charge in [-0.1, -0.05) is 30.7 Å². The van der Waals surface area contributed by atoms with Crippen LogP contribution >= 0.6 is 11.6 Å². The van der Waals surface area contributed by atoms with Crippen LogP contribution in [0.4, 0.5) is 0 Å². The maximum atomic E-state index is 6.13. The number of ether oxygens (including phenoxy) is 1. The standard InChI is InChI=1S/C14H18ClNO/c1-3-5-6-10-17-14-12(11-16-4-2)8-7-9-13(14)15/h7-9,16H,4,6,10-11H2,1-2H3. The monoisotopic (exact) mass is 251 g/mol. The Morgan fingerprint density at radius 1 is 1.41 bits per heavy atom. The van der Waals surface area contributed by atoms with Gasteiger partial charge in [0.25, 0.3) is 0 Å². The lowest BCUT2D eigenvalue weighted by molar-refractivity contribution is 0.323. The van der Waals surface area contributed by atoms with E-state index >= 15 is 0 Å². The molecule has 0 aromatic heterocycles. The molecule has 3 heteroatoms. The van der Waals surface area contributed by atoms with Crippen LogP contribution in [0, 0.1) is 11.8 Å². The first-order valence-electron chi connectivity index (χ1n) is 5.80. The SMILES string of the molecule is CC#CCCOc1c(Cl)cccc1CNCC. The van der Waals surface area contributed by atoms with Gasteiger partial charge in [0.2, 0.25) is 0 Å². The average Bonchev–Trinajstić information content (AvgIpc) is 2.34. The highest BCUT2D eigenvalue weighted by molar-refractivity contribution is 6.32. The first kappa shape index (κ1) is 13.9. The molecule has 0 aliphatic heterocycles. The van der Waals surface area contributed by atoms with Crippen LogP contribution in [-0.4, -0.2) is 13.2 Å². The molecule has 0 spiro atoms. The Morgan fingerprint density at radius 3 is 2.94 bits per heavy atom. The third-order valence-corrected chi connectivity index (χ3v) is 2.56. The topological polar surface area (TPSA) is 21.3 Å². The Morgan fingerprint density at radius 2 is 2.24 bits per heavy atom. The predicted molar refractivity (Wildman–Crippen MR) is 72.4 cm³/mol. The fraction of sp³-hybridized carbons (Fsp3) is 0.429. The van der Waals surface area contributed by atoms with Crippen LogP contribution in [0.25, 0.3) is 0 Å². The number of hydrogen-bond acceptors (Lipinski definition) is 2. The van der Waals surface area contributed by atoms with Crippen molar-refractivity contribution in [1.29, 1.82) is 0 Å². The first-order chi connectivity index (χ1) is 8.29. The highest BCUT2D eigenvalue weighted by Gasteiger charge is 2.07. The molecule has 17 heavy (non-hydrogen) atoms. The summed E-state index contributed by atoms with van der Waals surface area (Å²) in [5.41, 5.74) is 1.09. The lowest BCUT2D eigenvalue weighted by Crippen LogP contribution is -2.13. The first-order valence-corrected chi connectivity index (χ1v) is 6.18. The summed E-state index contributed by atoms with van der Waals surface area (Å²) in [6.45, 7) is 6.16. The highest BCUT2D eigenvalue weighted by atomic mass is 35.5. The van der Waals surface area contributed by atoms with E-state index in [1.165, 1.54) is 0 Å². The quantitative estimate of drug-likeness (QED) is 0.619. The molecule has 0 radical (unpaired) electrons. The molecule has 0 saturated heterocycles. The fourth-order valence-electron chi connectivity index (χ4n) is 1.44. The maximum absolute atomic E-state index is 6.13. The normalized spacial score (nSPS) is 9.59. The van der Waals surface area contributed by atoms with Gasteiger partial charge in [-0.15, -0.1) is 11.8 Å². The molecule has 1 rings (SSSR count). The van der Waals surface area contributed by atoms with Crippen molar-refractivity contribution in [2.45, 2.75) is 26.8 Å². The Balaban J connectivity index is 2.68. The molecule has 0 aliphatic carbocycles. The van der Waals surface area contributed by atoms with Gasteiger partial charge in [-0.25, -0.2) is 0 Å². The molecule has 2 nitrogen and oxygen atoms in total. The van der Waals surface area contributed by atoms with Gasteiger partial charge in [-0.2, -0.15) is 0 Å². The minimum absolute atomic E-state index is 0.573. The van der Waals surface area contributed by atoms with Gasteiger partial charge in [0, 0.05) is 18.5 Å². The number of hydrogen-bond donors (Lipinski definition) is 1. The lowest BCUT2D eigenvalue weighted by Gasteiger charge is -2.12. The number of benzene rings is 1. The number of rotatable bonds is 6. The van der Waals surface area contributed by atoms with Crippen molar-refractivity contribution in [2.24, 2.45) is 0 Å². The van der Waals surface area contributed by atoms with E-state index in [-0.39, 0.29) is 0 Å². The van der Waals surface area contributed by atoms with Gasteiger partial charge in [0.05, 0.1) is 11.6 Å².